The quantitative estimate of drug-likeness (QED) is 0.249. The van der Waals surface area contributed by atoms with Crippen molar-refractivity contribution in [1.29, 1.82) is 0 Å². The monoisotopic (exact) mass is 583 g/mol. The molecule has 218 valence electrons. The second-order valence-electron chi connectivity index (χ2n) is 11.2. The number of rotatable bonds is 11. The first-order valence-electron chi connectivity index (χ1n) is 14.4. The summed E-state index contributed by atoms with van der Waals surface area (Å²) in [6.07, 6.45) is 0.788. The first-order valence-corrected chi connectivity index (χ1v) is 15.8. The van der Waals surface area contributed by atoms with Gasteiger partial charge in [0, 0.05) is 37.4 Å². The number of benzene rings is 4. The lowest BCUT2D eigenvalue weighted by atomic mass is 10.0. The van der Waals surface area contributed by atoms with Crippen molar-refractivity contribution < 1.29 is 18.0 Å². The fraction of sp³-hybridized carbons (Fsp3) is 0.294. The minimum Gasteiger partial charge on any atom is -0.352 e. The third-order valence-electron chi connectivity index (χ3n) is 7.61. The maximum atomic E-state index is 14.0. The van der Waals surface area contributed by atoms with Gasteiger partial charge in [0.2, 0.25) is 11.8 Å². The zero-order valence-corrected chi connectivity index (χ0v) is 25.1. The van der Waals surface area contributed by atoms with Crippen LogP contribution < -0.4 is 9.62 Å². The van der Waals surface area contributed by atoms with Crippen LogP contribution >= 0.6 is 0 Å². The minimum atomic E-state index is -3.71. The predicted octanol–water partition coefficient (Wildman–Crippen LogP) is 5.60. The molecule has 1 atom stereocenters. The van der Waals surface area contributed by atoms with Crippen LogP contribution in [-0.2, 0) is 32.6 Å². The summed E-state index contributed by atoms with van der Waals surface area (Å²) in [5.74, 6) is -0.402. The van der Waals surface area contributed by atoms with E-state index in [-0.39, 0.29) is 37.4 Å². The van der Waals surface area contributed by atoms with E-state index in [9.17, 15) is 18.0 Å². The van der Waals surface area contributed by atoms with Gasteiger partial charge in [0.1, 0.15) is 6.04 Å². The highest BCUT2D eigenvalue weighted by molar-refractivity contribution is 7.93. The molecule has 42 heavy (non-hydrogen) atoms. The van der Waals surface area contributed by atoms with Gasteiger partial charge in [-0.1, -0.05) is 84.4 Å². The van der Waals surface area contributed by atoms with Gasteiger partial charge in [-0.3, -0.25) is 13.9 Å². The molecule has 1 N–H and O–H groups in total. The molecule has 1 aliphatic rings. The maximum absolute atomic E-state index is 14.0. The maximum Gasteiger partial charge on any atom is 0.265 e. The van der Waals surface area contributed by atoms with Crippen molar-refractivity contribution in [1.82, 2.24) is 10.2 Å². The summed E-state index contributed by atoms with van der Waals surface area (Å²) in [5, 5.41) is 4.60. The highest BCUT2D eigenvalue weighted by Gasteiger charge is 2.36. The topological polar surface area (TPSA) is 86.8 Å². The largest absolute Gasteiger partial charge is 0.352 e. The van der Waals surface area contributed by atoms with E-state index >= 15 is 0 Å². The van der Waals surface area contributed by atoms with Gasteiger partial charge < -0.3 is 10.2 Å². The van der Waals surface area contributed by atoms with E-state index in [0.717, 1.165) is 27.5 Å². The molecule has 0 aromatic heterocycles. The molecule has 0 saturated carbocycles. The van der Waals surface area contributed by atoms with Crippen LogP contribution in [0.5, 0.6) is 0 Å². The van der Waals surface area contributed by atoms with Crippen LogP contribution in [0.15, 0.2) is 95.9 Å². The van der Waals surface area contributed by atoms with Gasteiger partial charge >= 0.3 is 0 Å². The molecule has 0 aliphatic carbocycles. The molecule has 2 amide bonds. The van der Waals surface area contributed by atoms with Gasteiger partial charge in [0.05, 0.1) is 10.6 Å². The van der Waals surface area contributed by atoms with Crippen LogP contribution in [0.4, 0.5) is 5.69 Å². The molecule has 0 spiro atoms. The Morgan fingerprint density at radius 3 is 2.24 bits per heavy atom. The van der Waals surface area contributed by atoms with E-state index in [1.807, 2.05) is 99.6 Å². The molecule has 7 nitrogen and oxygen atoms in total. The number of nitrogens with one attached hydrogen (secondary N) is 1. The van der Waals surface area contributed by atoms with Crippen molar-refractivity contribution in [3.05, 3.63) is 108 Å². The van der Waals surface area contributed by atoms with E-state index < -0.39 is 16.1 Å². The first kappa shape index (κ1) is 29.3. The molecule has 0 radical (unpaired) electrons. The van der Waals surface area contributed by atoms with E-state index in [1.54, 1.807) is 17.0 Å². The molecular formula is C34H37N3O4S. The number of carbonyl (C=O) groups is 2. The van der Waals surface area contributed by atoms with Crippen LogP contribution in [-0.4, -0.2) is 43.8 Å². The summed E-state index contributed by atoms with van der Waals surface area (Å²) < 4.78 is 28.3. The molecule has 4 aromatic carbocycles. The number of hydrogen-bond donors (Lipinski definition) is 1. The van der Waals surface area contributed by atoms with E-state index in [0.29, 0.717) is 23.4 Å². The second-order valence-corrected chi connectivity index (χ2v) is 13.0. The van der Waals surface area contributed by atoms with Gasteiger partial charge in [-0.25, -0.2) is 8.42 Å². The Morgan fingerprint density at radius 2 is 1.55 bits per heavy atom. The van der Waals surface area contributed by atoms with Crippen LogP contribution in [0.1, 0.15) is 43.4 Å². The lowest BCUT2D eigenvalue weighted by Crippen LogP contribution is -2.51. The third kappa shape index (κ3) is 6.19. The molecule has 8 heteroatoms. The number of carbonyl (C=O) groups excluding carboxylic acids is 2. The van der Waals surface area contributed by atoms with Gasteiger partial charge in [0.25, 0.3) is 10.0 Å². The zero-order valence-electron chi connectivity index (χ0n) is 24.3. The van der Waals surface area contributed by atoms with E-state index in [4.69, 9.17) is 0 Å². The number of aryl methyl sites for hydroxylation is 1. The summed E-state index contributed by atoms with van der Waals surface area (Å²) in [4.78, 5) is 29.5. The normalized spacial score (nSPS) is 14.2. The fourth-order valence-corrected chi connectivity index (χ4v) is 7.29. The Morgan fingerprint density at radius 1 is 0.857 bits per heavy atom. The highest BCUT2D eigenvalue weighted by Crippen LogP contribution is 2.42. The molecule has 0 bridgehead atoms. The van der Waals surface area contributed by atoms with Crippen molar-refractivity contribution in [3.8, 4) is 0 Å². The van der Waals surface area contributed by atoms with E-state index in [1.165, 1.54) is 4.31 Å². The molecule has 1 heterocycles. The highest BCUT2D eigenvalue weighted by atomic mass is 32.2. The summed E-state index contributed by atoms with van der Waals surface area (Å²) >= 11 is 0. The molecule has 4 aromatic rings. The molecule has 0 fully saturated rings. The Balaban J connectivity index is 1.39. The van der Waals surface area contributed by atoms with Crippen LogP contribution in [0, 0.1) is 6.92 Å². The smallest absolute Gasteiger partial charge is 0.265 e. The fourth-order valence-electron chi connectivity index (χ4n) is 5.54. The standard InChI is InChI=1S/C34H37N3O4S/c1-24(2)35-34(39)30(22-26-10-5-4-6-11-26)36(23-27-19-17-25(3)18-20-27)32(38)16-9-21-37-29-14-7-12-28-13-8-15-31(33(28)29)42(37,40)41/h4-8,10-15,17-20,24,30H,9,16,21-23H2,1-3H3,(H,35,39)/t30-/m1/s1. The van der Waals surface area contributed by atoms with Crippen molar-refractivity contribution in [2.24, 2.45) is 0 Å². The predicted molar refractivity (Wildman–Crippen MR) is 167 cm³/mol. The van der Waals surface area contributed by atoms with Crippen LogP contribution in [0.25, 0.3) is 10.8 Å². The van der Waals surface area contributed by atoms with Crippen molar-refractivity contribution in [2.75, 3.05) is 10.8 Å². The molecule has 1 aliphatic heterocycles. The van der Waals surface area contributed by atoms with E-state index in [2.05, 4.69) is 5.32 Å². The lowest BCUT2D eigenvalue weighted by molar-refractivity contribution is -0.141. The Bertz CT molecular complexity index is 1680. The summed E-state index contributed by atoms with van der Waals surface area (Å²) in [6.45, 7) is 6.25. The second kappa shape index (κ2) is 12.4. The average molecular weight is 584 g/mol. The van der Waals surface area contributed by atoms with Gasteiger partial charge in [0.15, 0.2) is 0 Å². The van der Waals surface area contributed by atoms with Crippen LogP contribution in [0.2, 0.25) is 0 Å². The SMILES string of the molecule is Cc1ccc(CN(C(=O)CCCN2c3cccc4cccc(c34)S2(=O)=O)[C@H](Cc2ccccc2)C(=O)NC(C)C)cc1. The average Bonchev–Trinajstić information content (AvgIpc) is 3.19. The third-order valence-corrected chi connectivity index (χ3v) is 9.46. The summed E-state index contributed by atoms with van der Waals surface area (Å²) in [5.41, 5.74) is 3.63. The Labute approximate surface area is 248 Å². The number of nitrogens with zero attached hydrogens (tertiary/aromatic N) is 2. The molecule has 0 saturated heterocycles. The Kier molecular flexibility index (Phi) is 8.64. The van der Waals surface area contributed by atoms with Gasteiger partial charge in [-0.2, -0.15) is 0 Å². The van der Waals surface area contributed by atoms with Crippen molar-refractivity contribution in [2.45, 2.75) is 63.6 Å². The summed E-state index contributed by atoms with van der Waals surface area (Å²) in [7, 11) is -3.71. The lowest BCUT2D eigenvalue weighted by Gasteiger charge is -2.32. The van der Waals surface area contributed by atoms with Crippen molar-refractivity contribution in [3.63, 3.8) is 0 Å². The zero-order chi connectivity index (χ0) is 29.9. The van der Waals surface area contributed by atoms with Gasteiger partial charge in [-0.05, 0) is 55.8 Å². The number of hydrogen-bond acceptors (Lipinski definition) is 4. The number of amides is 2. The molecular weight excluding hydrogens is 546 g/mol. The minimum absolute atomic E-state index is 0.0863. The molecule has 0 unspecified atom stereocenters. The van der Waals surface area contributed by atoms with Crippen LogP contribution in [0.3, 0.4) is 0 Å². The summed E-state index contributed by atoms with van der Waals surface area (Å²) in [6, 6.07) is 27.7. The van der Waals surface area contributed by atoms with Gasteiger partial charge in [-0.15, -0.1) is 0 Å². The first-order chi connectivity index (χ1) is 20.1. The number of anilines is 1. The number of sulfonamides is 1. The Hall–Kier alpha value is -4.17. The molecule has 5 rings (SSSR count). The van der Waals surface area contributed by atoms with Crippen molar-refractivity contribution >= 4 is 38.3 Å².